The third kappa shape index (κ3) is 13.5. The van der Waals surface area contributed by atoms with Crippen molar-refractivity contribution in [2.24, 2.45) is 11.7 Å². The number of piperidine rings is 1. The summed E-state index contributed by atoms with van der Waals surface area (Å²) >= 11 is 0. The number of dihydropyridines is 1. The molecule has 0 bridgehead atoms. The normalized spacial score (nSPS) is 16.2. The number of aliphatic hydroxyl groups is 1. The summed E-state index contributed by atoms with van der Waals surface area (Å²) in [6.45, 7) is 1.65. The Morgan fingerprint density at radius 3 is 2.34 bits per heavy atom. The van der Waals surface area contributed by atoms with E-state index in [1.807, 2.05) is 18.3 Å². The molecule has 2 heterocycles. The summed E-state index contributed by atoms with van der Waals surface area (Å²) in [6, 6.07) is 22.5. The summed E-state index contributed by atoms with van der Waals surface area (Å²) < 4.78 is 5.25. The van der Waals surface area contributed by atoms with E-state index in [0.29, 0.717) is 18.4 Å². The second-order valence-electron chi connectivity index (χ2n) is 14.5. The first-order chi connectivity index (χ1) is 25.9. The molecule has 8 nitrogen and oxygen atoms in total. The molecule has 282 valence electrons. The molecule has 0 spiro atoms. The van der Waals surface area contributed by atoms with Gasteiger partial charge in [-0.05, 0) is 134 Å². The number of rotatable bonds is 21. The highest BCUT2D eigenvalue weighted by molar-refractivity contribution is 6.06. The first kappa shape index (κ1) is 39.7. The third-order valence-electron chi connectivity index (χ3n) is 10.4. The van der Waals surface area contributed by atoms with Gasteiger partial charge in [0.05, 0.1) is 12.6 Å². The molecular weight excluding hydrogens is 663 g/mol. The second-order valence-corrected chi connectivity index (χ2v) is 14.5. The van der Waals surface area contributed by atoms with Crippen molar-refractivity contribution in [1.29, 1.82) is 0 Å². The highest BCUT2D eigenvalue weighted by atomic mass is 16.6. The molecule has 5 rings (SSSR count). The zero-order chi connectivity index (χ0) is 37.3. The van der Waals surface area contributed by atoms with E-state index in [2.05, 4.69) is 59.2 Å². The number of phenols is 1. The smallest absolute Gasteiger partial charge is 0.186 e. The van der Waals surface area contributed by atoms with Crippen LogP contribution in [0.3, 0.4) is 0 Å². The number of Topliss-reactive ketones (excluding diaryl/α,β-unsaturated/α-hetero) is 1. The van der Waals surface area contributed by atoms with Crippen LogP contribution in [0.1, 0.15) is 92.0 Å². The molecule has 1 unspecified atom stereocenters. The van der Waals surface area contributed by atoms with Crippen LogP contribution in [0.2, 0.25) is 0 Å². The zero-order valence-corrected chi connectivity index (χ0v) is 31.0. The lowest BCUT2D eigenvalue weighted by atomic mass is 9.89. The molecule has 1 atom stereocenters. The standard InChI is InChI=1S/C45H57N3O5/c46-45-29-38(18-17-36-13-8-12-35(25-36)16-15-33-9-5-3-6-10-33)40(31-48-45)26-39-27-43(52)44(53-32-49)28-37(39)19-20-42(51)30-41(50)14-7-2-1-4-11-34-21-23-47-24-22-34/h3,5-6,8-10,12-13,19-20,25,27-29,31,34,45,47-49,52H,1-2,4,7,11,14-18,21-24,26,30,32,46H2. The van der Waals surface area contributed by atoms with Gasteiger partial charge in [0.2, 0.25) is 0 Å². The Hall–Kier alpha value is -4.50. The van der Waals surface area contributed by atoms with E-state index < -0.39 is 6.79 Å². The van der Waals surface area contributed by atoms with E-state index in [9.17, 15) is 19.8 Å². The first-order valence-corrected chi connectivity index (χ1v) is 19.4. The van der Waals surface area contributed by atoms with E-state index >= 15 is 0 Å². The summed E-state index contributed by atoms with van der Waals surface area (Å²) in [4.78, 5) is 25.5. The van der Waals surface area contributed by atoms with Crippen LogP contribution in [0.4, 0.5) is 0 Å². The maximum absolute atomic E-state index is 12.9. The number of ether oxygens (including phenoxy) is 1. The Bertz CT molecular complexity index is 1730. The topological polar surface area (TPSA) is 134 Å². The number of nitrogens with two attached hydrogens (primary N) is 1. The first-order valence-electron chi connectivity index (χ1n) is 19.4. The molecule has 1 fully saturated rings. The lowest BCUT2D eigenvalue weighted by molar-refractivity contribution is -0.124. The van der Waals surface area contributed by atoms with Gasteiger partial charge < -0.3 is 31.3 Å². The number of ketones is 2. The number of hydrogen-bond acceptors (Lipinski definition) is 8. The van der Waals surface area contributed by atoms with E-state index in [4.69, 9.17) is 10.5 Å². The summed E-state index contributed by atoms with van der Waals surface area (Å²) in [5.74, 6) is 0.530. The number of nitrogens with one attached hydrogen (secondary N) is 2. The lowest BCUT2D eigenvalue weighted by Crippen LogP contribution is -2.35. The molecule has 0 radical (unpaired) electrons. The van der Waals surface area contributed by atoms with Gasteiger partial charge in [0.1, 0.15) is 5.78 Å². The van der Waals surface area contributed by atoms with Gasteiger partial charge in [-0.3, -0.25) is 9.59 Å². The van der Waals surface area contributed by atoms with Crippen molar-refractivity contribution in [3.8, 4) is 11.5 Å². The fourth-order valence-corrected chi connectivity index (χ4v) is 7.35. The van der Waals surface area contributed by atoms with Gasteiger partial charge in [-0.25, -0.2) is 0 Å². The summed E-state index contributed by atoms with van der Waals surface area (Å²) in [5.41, 5.74) is 13.7. The van der Waals surface area contributed by atoms with Crippen molar-refractivity contribution >= 4 is 17.6 Å². The molecule has 2 aliphatic rings. The van der Waals surface area contributed by atoms with Crippen LogP contribution in [0.5, 0.6) is 11.5 Å². The number of phenolic OH excluding ortho intramolecular Hbond substituents is 1. The average Bonchev–Trinajstić information content (AvgIpc) is 3.17. The van der Waals surface area contributed by atoms with E-state index in [1.165, 1.54) is 48.4 Å². The highest BCUT2D eigenvalue weighted by Gasteiger charge is 2.18. The van der Waals surface area contributed by atoms with Crippen molar-refractivity contribution in [1.82, 2.24) is 10.6 Å². The van der Waals surface area contributed by atoms with E-state index in [1.54, 1.807) is 18.2 Å². The van der Waals surface area contributed by atoms with Crippen LogP contribution in [-0.2, 0) is 35.3 Å². The predicted octanol–water partition coefficient (Wildman–Crippen LogP) is 7.26. The van der Waals surface area contributed by atoms with Crippen LogP contribution in [0.15, 0.2) is 96.2 Å². The fraction of sp³-hybridized carbons (Fsp3) is 0.422. The van der Waals surface area contributed by atoms with E-state index in [0.717, 1.165) is 80.7 Å². The molecule has 0 aromatic heterocycles. The van der Waals surface area contributed by atoms with Crippen molar-refractivity contribution < 1.29 is 24.5 Å². The monoisotopic (exact) mass is 719 g/mol. The number of unbranched alkanes of at least 4 members (excludes halogenated alkanes) is 3. The van der Waals surface area contributed by atoms with Crippen molar-refractivity contribution in [3.05, 3.63) is 124 Å². The van der Waals surface area contributed by atoms with Crippen molar-refractivity contribution in [2.75, 3.05) is 19.9 Å². The molecule has 8 heteroatoms. The van der Waals surface area contributed by atoms with Gasteiger partial charge in [-0.2, -0.15) is 0 Å². The minimum absolute atomic E-state index is 0.0421. The molecule has 6 N–H and O–H groups in total. The van der Waals surface area contributed by atoms with Gasteiger partial charge in [-0.1, -0.05) is 86.4 Å². The highest BCUT2D eigenvalue weighted by Crippen LogP contribution is 2.34. The Labute approximate surface area is 315 Å². The number of aryl methyl sites for hydroxylation is 3. The van der Waals surface area contributed by atoms with Crippen LogP contribution in [0, 0.1) is 5.92 Å². The molecule has 0 aliphatic carbocycles. The molecule has 0 amide bonds. The van der Waals surface area contributed by atoms with Crippen molar-refractivity contribution in [3.63, 3.8) is 0 Å². The minimum atomic E-state index is -0.602. The van der Waals surface area contributed by atoms with Gasteiger partial charge in [-0.15, -0.1) is 0 Å². The summed E-state index contributed by atoms with van der Waals surface area (Å²) in [5, 5.41) is 26.7. The molecule has 2 aliphatic heterocycles. The van der Waals surface area contributed by atoms with Gasteiger partial charge in [0.25, 0.3) is 0 Å². The molecule has 0 saturated carbocycles. The summed E-state index contributed by atoms with van der Waals surface area (Å²) in [6.07, 6.45) is 19.1. The maximum atomic E-state index is 12.9. The summed E-state index contributed by atoms with van der Waals surface area (Å²) in [7, 11) is 0. The van der Waals surface area contributed by atoms with Crippen molar-refractivity contribution in [2.45, 2.75) is 96.1 Å². The van der Waals surface area contributed by atoms with Gasteiger partial charge in [0.15, 0.2) is 24.1 Å². The largest absolute Gasteiger partial charge is 0.504 e. The Morgan fingerprint density at radius 2 is 1.57 bits per heavy atom. The Balaban J connectivity index is 1.16. The number of carbonyl (C=O) groups excluding carboxylic acids is 2. The average molecular weight is 720 g/mol. The zero-order valence-electron chi connectivity index (χ0n) is 31.0. The number of benzene rings is 3. The number of aliphatic hydroxyl groups excluding tert-OH is 1. The fourth-order valence-electron chi connectivity index (χ4n) is 7.35. The Morgan fingerprint density at radius 1 is 0.849 bits per heavy atom. The molecule has 3 aromatic carbocycles. The van der Waals surface area contributed by atoms with Gasteiger partial charge >= 0.3 is 0 Å². The van der Waals surface area contributed by atoms with E-state index in [-0.39, 0.29) is 35.7 Å². The third-order valence-corrected chi connectivity index (χ3v) is 10.4. The molecular formula is C45H57N3O5. The number of hydrogen-bond donors (Lipinski definition) is 5. The SMILES string of the molecule is NC1C=C(CCc2cccc(CCc3ccccc3)c2)C(Cc2cc(O)c(OCO)cc2C=CC(=O)CC(=O)CCCCCCC2CCNCC2)=CN1. The predicted molar refractivity (Wildman–Crippen MR) is 212 cm³/mol. The van der Waals surface area contributed by atoms with Crippen LogP contribution in [0.25, 0.3) is 6.08 Å². The number of aromatic hydroxyl groups is 1. The number of allylic oxidation sites excluding steroid dienone is 3. The lowest BCUT2D eigenvalue weighted by Gasteiger charge is -2.23. The Kier molecular flexibility index (Phi) is 15.9. The molecule has 1 saturated heterocycles. The number of carbonyl (C=O) groups is 2. The maximum Gasteiger partial charge on any atom is 0.186 e. The molecule has 3 aromatic rings. The second kappa shape index (κ2) is 21.3. The van der Waals surface area contributed by atoms with Crippen LogP contribution in [-0.4, -0.2) is 47.8 Å². The minimum Gasteiger partial charge on any atom is -0.504 e. The van der Waals surface area contributed by atoms with Crippen LogP contribution >= 0.6 is 0 Å². The van der Waals surface area contributed by atoms with Gasteiger partial charge in [0, 0.05) is 12.6 Å². The quantitative estimate of drug-likeness (QED) is 0.0336. The van der Waals surface area contributed by atoms with Crippen LogP contribution < -0.4 is 21.1 Å². The molecule has 53 heavy (non-hydrogen) atoms.